The average molecular weight is 453 g/mol. The van der Waals surface area contributed by atoms with Gasteiger partial charge in [0.05, 0.1) is 48.5 Å². The third-order valence-corrected chi connectivity index (χ3v) is 7.22. The molecule has 1 saturated heterocycles. The predicted molar refractivity (Wildman–Crippen MR) is 127 cm³/mol. The molecule has 0 radical (unpaired) electrons. The molecule has 4 aromatic rings. The van der Waals surface area contributed by atoms with Crippen LogP contribution in [0.25, 0.3) is 33.2 Å². The summed E-state index contributed by atoms with van der Waals surface area (Å²) in [4.78, 5) is 11.2. The number of fused-ring (bicyclic) bond motifs is 3. The molecule has 168 valence electrons. The van der Waals surface area contributed by atoms with Gasteiger partial charge in [0.2, 0.25) is 0 Å². The van der Waals surface area contributed by atoms with Crippen molar-refractivity contribution in [2.24, 2.45) is 7.05 Å². The van der Waals surface area contributed by atoms with Crippen LogP contribution < -0.4 is 4.72 Å². The maximum atomic E-state index is 12.9. The number of ether oxygens (including phenoxy) is 1. The number of rotatable bonds is 7. The van der Waals surface area contributed by atoms with Crippen LogP contribution in [0.5, 0.6) is 0 Å². The molecule has 0 bridgehead atoms. The summed E-state index contributed by atoms with van der Waals surface area (Å²) in [6.45, 7) is 7.10. The van der Waals surface area contributed by atoms with Gasteiger partial charge in [-0.2, -0.15) is 5.10 Å². The molecule has 1 unspecified atom stereocenters. The standard InChI is InChI=1S/C23H28N6O2S/c1-3-19-20-22-17(15-25-28(22)2)14-24-23(20)27-21(19)16-5-4-6-18(13-16)32(30)26-7-8-29-9-11-31-12-10-29/h4-6,13-15,26H,3,7-12H2,1-2H3,(H,24,27). The number of nitrogens with one attached hydrogen (secondary N) is 2. The number of morpholine rings is 1. The second-order valence-electron chi connectivity index (χ2n) is 8.03. The average Bonchev–Trinajstić information content (AvgIpc) is 3.39. The topological polar surface area (TPSA) is 94.1 Å². The Morgan fingerprint density at radius 1 is 1.25 bits per heavy atom. The van der Waals surface area contributed by atoms with Crippen LogP contribution in [-0.4, -0.2) is 68.6 Å². The van der Waals surface area contributed by atoms with Crippen molar-refractivity contribution in [1.82, 2.24) is 29.4 Å². The van der Waals surface area contributed by atoms with Crippen LogP contribution in [-0.2, 0) is 29.6 Å². The first-order valence-electron chi connectivity index (χ1n) is 11.0. The molecular weight excluding hydrogens is 424 g/mol. The number of H-pyrrole nitrogens is 1. The number of hydrogen-bond acceptors (Lipinski definition) is 6. The van der Waals surface area contributed by atoms with Gasteiger partial charge in [-0.1, -0.05) is 19.1 Å². The number of nitrogens with zero attached hydrogens (tertiary/aromatic N) is 4. The Morgan fingerprint density at radius 3 is 2.91 bits per heavy atom. The number of hydrogen-bond donors (Lipinski definition) is 2. The van der Waals surface area contributed by atoms with Crippen LogP contribution in [0.4, 0.5) is 0 Å². The van der Waals surface area contributed by atoms with E-state index in [-0.39, 0.29) is 0 Å². The van der Waals surface area contributed by atoms with E-state index in [4.69, 9.17) is 4.74 Å². The minimum Gasteiger partial charge on any atom is -0.593 e. The smallest absolute Gasteiger partial charge is 0.174 e. The first kappa shape index (κ1) is 21.4. The van der Waals surface area contributed by atoms with Crippen molar-refractivity contribution in [3.63, 3.8) is 0 Å². The van der Waals surface area contributed by atoms with Gasteiger partial charge in [-0.3, -0.25) is 9.58 Å². The lowest BCUT2D eigenvalue weighted by Crippen LogP contribution is -2.41. The van der Waals surface area contributed by atoms with Gasteiger partial charge < -0.3 is 14.3 Å². The Labute approximate surface area is 190 Å². The number of aryl methyl sites for hydroxylation is 2. The molecule has 1 fully saturated rings. The van der Waals surface area contributed by atoms with Crippen molar-refractivity contribution < 1.29 is 9.29 Å². The summed E-state index contributed by atoms with van der Waals surface area (Å²) in [7, 11) is 1.96. The van der Waals surface area contributed by atoms with Crippen molar-refractivity contribution in [3.8, 4) is 11.3 Å². The zero-order valence-electron chi connectivity index (χ0n) is 18.4. The molecule has 1 aliphatic rings. The van der Waals surface area contributed by atoms with Crippen LogP contribution in [0.3, 0.4) is 0 Å². The van der Waals surface area contributed by atoms with E-state index in [1.807, 2.05) is 42.3 Å². The highest BCUT2D eigenvalue weighted by atomic mass is 32.2. The van der Waals surface area contributed by atoms with Gasteiger partial charge in [0.1, 0.15) is 5.65 Å². The molecular formula is C23H28N6O2S. The second kappa shape index (κ2) is 9.21. The summed E-state index contributed by atoms with van der Waals surface area (Å²) < 4.78 is 23.4. The van der Waals surface area contributed by atoms with Crippen LogP contribution in [0.15, 0.2) is 41.6 Å². The molecule has 2 N–H and O–H groups in total. The summed E-state index contributed by atoms with van der Waals surface area (Å²) in [5.74, 6) is 0. The molecule has 1 atom stereocenters. The predicted octanol–water partition coefficient (Wildman–Crippen LogP) is 2.62. The highest BCUT2D eigenvalue weighted by Crippen LogP contribution is 2.34. The minimum absolute atomic E-state index is 0.672. The number of pyridine rings is 1. The lowest BCUT2D eigenvalue weighted by molar-refractivity contribution is 0.0390. The van der Waals surface area contributed by atoms with E-state index in [1.54, 1.807) is 0 Å². The van der Waals surface area contributed by atoms with Crippen molar-refractivity contribution in [1.29, 1.82) is 0 Å². The lowest BCUT2D eigenvalue weighted by atomic mass is 10.0. The quantitative estimate of drug-likeness (QED) is 0.419. The lowest BCUT2D eigenvalue weighted by Gasteiger charge is -2.26. The fraction of sp³-hybridized carbons (Fsp3) is 0.391. The number of aromatic amines is 1. The Bertz CT molecular complexity index is 1230. The maximum Gasteiger partial charge on any atom is 0.174 e. The van der Waals surface area contributed by atoms with E-state index in [1.165, 1.54) is 5.56 Å². The first-order valence-corrected chi connectivity index (χ1v) is 12.2. The van der Waals surface area contributed by atoms with Crippen molar-refractivity contribution in [3.05, 3.63) is 42.2 Å². The van der Waals surface area contributed by atoms with E-state index >= 15 is 0 Å². The molecule has 0 saturated carbocycles. The molecule has 5 rings (SSSR count). The molecule has 0 aliphatic carbocycles. The van der Waals surface area contributed by atoms with E-state index in [2.05, 4.69) is 37.7 Å². The summed E-state index contributed by atoms with van der Waals surface area (Å²) >= 11 is -1.27. The van der Waals surface area contributed by atoms with E-state index in [9.17, 15) is 4.55 Å². The normalized spacial score (nSPS) is 16.2. The maximum absolute atomic E-state index is 12.9. The SMILES string of the molecule is CCc1c(-c2cccc([S+]([O-])NCCN3CCOCC3)c2)[nH]c2ncc3cnn(C)c3c12. The summed E-state index contributed by atoms with van der Waals surface area (Å²) in [5.41, 5.74) is 5.17. The van der Waals surface area contributed by atoms with E-state index in [0.29, 0.717) is 6.54 Å². The molecule has 1 aromatic carbocycles. The Kier molecular flexibility index (Phi) is 6.16. The zero-order chi connectivity index (χ0) is 22.1. The number of benzene rings is 1. The highest BCUT2D eigenvalue weighted by Gasteiger charge is 2.20. The van der Waals surface area contributed by atoms with Gasteiger partial charge in [0.15, 0.2) is 4.90 Å². The Morgan fingerprint density at radius 2 is 2.09 bits per heavy atom. The zero-order valence-corrected chi connectivity index (χ0v) is 19.2. The van der Waals surface area contributed by atoms with E-state index in [0.717, 1.165) is 77.4 Å². The molecule has 8 nitrogen and oxygen atoms in total. The Hall–Kier alpha value is -2.43. The highest BCUT2D eigenvalue weighted by molar-refractivity contribution is 7.89. The molecule has 3 aromatic heterocycles. The van der Waals surface area contributed by atoms with Gasteiger partial charge in [0.25, 0.3) is 0 Å². The van der Waals surface area contributed by atoms with Crippen molar-refractivity contribution in [2.45, 2.75) is 18.2 Å². The molecule has 0 amide bonds. The molecule has 4 heterocycles. The number of aromatic nitrogens is 4. The summed E-state index contributed by atoms with van der Waals surface area (Å²) in [5, 5.41) is 6.54. The van der Waals surface area contributed by atoms with E-state index < -0.39 is 11.4 Å². The van der Waals surface area contributed by atoms with Gasteiger partial charge in [0, 0.05) is 55.3 Å². The van der Waals surface area contributed by atoms with Gasteiger partial charge in [-0.25, -0.2) is 4.98 Å². The van der Waals surface area contributed by atoms with Crippen molar-refractivity contribution in [2.75, 3.05) is 39.4 Å². The second-order valence-corrected chi connectivity index (χ2v) is 9.33. The van der Waals surface area contributed by atoms with Gasteiger partial charge in [-0.15, -0.1) is 4.72 Å². The first-order chi connectivity index (χ1) is 15.7. The monoisotopic (exact) mass is 452 g/mol. The third-order valence-electron chi connectivity index (χ3n) is 6.08. The van der Waals surface area contributed by atoms with Gasteiger partial charge in [-0.05, 0) is 18.1 Å². The van der Waals surface area contributed by atoms with Crippen LogP contribution >= 0.6 is 0 Å². The molecule has 9 heteroatoms. The summed E-state index contributed by atoms with van der Waals surface area (Å²) in [6, 6.07) is 7.93. The van der Waals surface area contributed by atoms with Crippen LogP contribution in [0, 0.1) is 0 Å². The van der Waals surface area contributed by atoms with Crippen LogP contribution in [0.2, 0.25) is 0 Å². The van der Waals surface area contributed by atoms with Crippen molar-refractivity contribution >= 4 is 33.3 Å². The largest absolute Gasteiger partial charge is 0.593 e. The fourth-order valence-corrected chi connectivity index (χ4v) is 5.32. The molecule has 0 spiro atoms. The molecule has 32 heavy (non-hydrogen) atoms. The van der Waals surface area contributed by atoms with Crippen LogP contribution in [0.1, 0.15) is 12.5 Å². The molecule has 1 aliphatic heterocycles. The Balaban J connectivity index is 1.41. The minimum atomic E-state index is -1.27. The third kappa shape index (κ3) is 4.02. The van der Waals surface area contributed by atoms with Gasteiger partial charge >= 0.3 is 0 Å². The fourth-order valence-electron chi connectivity index (χ4n) is 4.44. The summed E-state index contributed by atoms with van der Waals surface area (Å²) in [6.07, 6.45) is 4.56.